The summed E-state index contributed by atoms with van der Waals surface area (Å²) in [5, 5.41) is 10.9. The van der Waals surface area contributed by atoms with Crippen molar-refractivity contribution < 1.29 is 9.59 Å². The Kier molecular flexibility index (Phi) is 6.56. The van der Waals surface area contributed by atoms with E-state index in [0.717, 1.165) is 49.8 Å². The first kappa shape index (κ1) is 21.4. The van der Waals surface area contributed by atoms with Gasteiger partial charge in [-0.3, -0.25) is 14.3 Å². The van der Waals surface area contributed by atoms with E-state index in [0.29, 0.717) is 22.1 Å². The highest BCUT2D eigenvalue weighted by molar-refractivity contribution is 6.36. The fraction of sp³-hybridized carbons (Fsp3) is 0.375. The Morgan fingerprint density at radius 2 is 1.74 bits per heavy atom. The Balaban J connectivity index is 1.41. The Morgan fingerprint density at radius 1 is 1.03 bits per heavy atom. The minimum atomic E-state index is -0.209. The predicted molar refractivity (Wildman–Crippen MR) is 124 cm³/mol. The van der Waals surface area contributed by atoms with E-state index in [1.165, 1.54) is 6.42 Å². The third-order valence-electron chi connectivity index (χ3n) is 5.89. The highest BCUT2D eigenvalue weighted by atomic mass is 35.5. The number of halogens is 1. The average Bonchev–Trinajstić information content (AvgIpc) is 3.15. The molecule has 0 saturated heterocycles. The number of hydrogen-bond acceptors (Lipinski definition) is 3. The normalized spacial score (nSPS) is 17.0. The van der Waals surface area contributed by atoms with E-state index in [-0.39, 0.29) is 17.7 Å². The van der Waals surface area contributed by atoms with Gasteiger partial charge in [0.15, 0.2) is 0 Å². The van der Waals surface area contributed by atoms with Gasteiger partial charge in [-0.25, -0.2) is 0 Å². The number of carbonyl (C=O) groups excluding carboxylic acids is 2. The molecule has 1 fully saturated rings. The molecule has 0 spiro atoms. The van der Waals surface area contributed by atoms with Gasteiger partial charge in [0.25, 0.3) is 5.91 Å². The van der Waals surface area contributed by atoms with Crippen molar-refractivity contribution in [3.05, 3.63) is 53.1 Å². The number of anilines is 2. The molecule has 1 saturated carbocycles. The molecule has 2 aromatic rings. The molecule has 2 aliphatic carbocycles. The van der Waals surface area contributed by atoms with Crippen molar-refractivity contribution >= 4 is 34.9 Å². The molecule has 0 aliphatic heterocycles. The van der Waals surface area contributed by atoms with Crippen LogP contribution in [-0.4, -0.2) is 21.6 Å². The van der Waals surface area contributed by atoms with Gasteiger partial charge in [0, 0.05) is 35.3 Å². The summed E-state index contributed by atoms with van der Waals surface area (Å²) >= 11 is 6.14. The topological polar surface area (TPSA) is 76.0 Å². The quantitative estimate of drug-likeness (QED) is 0.657. The van der Waals surface area contributed by atoms with Crippen LogP contribution in [0.15, 0.2) is 53.1 Å². The Morgan fingerprint density at radius 3 is 2.45 bits per heavy atom. The van der Waals surface area contributed by atoms with Crippen molar-refractivity contribution in [2.75, 3.05) is 10.6 Å². The van der Waals surface area contributed by atoms with Crippen molar-refractivity contribution in [1.82, 2.24) is 9.78 Å². The summed E-state index contributed by atoms with van der Waals surface area (Å²) < 4.78 is 1.69. The molecule has 2 aliphatic rings. The summed E-state index contributed by atoms with van der Waals surface area (Å²) in [6.45, 7) is 0. The first-order chi connectivity index (χ1) is 15.0. The van der Waals surface area contributed by atoms with Crippen molar-refractivity contribution in [2.45, 2.75) is 44.9 Å². The van der Waals surface area contributed by atoms with Crippen molar-refractivity contribution in [3.8, 4) is 11.3 Å². The van der Waals surface area contributed by atoms with Crippen molar-refractivity contribution in [3.63, 3.8) is 0 Å². The van der Waals surface area contributed by atoms with Crippen LogP contribution in [0.25, 0.3) is 11.3 Å². The zero-order valence-corrected chi connectivity index (χ0v) is 18.4. The van der Waals surface area contributed by atoms with E-state index in [1.54, 1.807) is 4.68 Å². The van der Waals surface area contributed by atoms with Gasteiger partial charge in [-0.15, -0.1) is 0 Å². The van der Waals surface area contributed by atoms with Crippen LogP contribution < -0.4 is 10.6 Å². The molecule has 2 amide bonds. The molecule has 1 aromatic heterocycles. The molecule has 0 bridgehead atoms. The van der Waals surface area contributed by atoms with Crippen molar-refractivity contribution in [2.24, 2.45) is 13.0 Å². The minimum absolute atomic E-state index is 0.0806. The van der Waals surface area contributed by atoms with Gasteiger partial charge < -0.3 is 10.6 Å². The number of aryl methyl sites for hydroxylation is 1. The highest BCUT2D eigenvalue weighted by Crippen LogP contribution is 2.28. The molecule has 0 unspecified atom stereocenters. The maximum Gasteiger partial charge on any atom is 0.256 e. The number of hydrogen-bond donors (Lipinski definition) is 2. The van der Waals surface area contributed by atoms with E-state index in [4.69, 9.17) is 11.6 Å². The van der Waals surface area contributed by atoms with E-state index in [1.807, 2.05) is 49.5 Å². The van der Waals surface area contributed by atoms with E-state index >= 15 is 0 Å². The lowest BCUT2D eigenvalue weighted by atomic mass is 9.89. The number of allylic oxidation sites excluding steroid dienone is 2. The molecule has 0 radical (unpaired) electrons. The molecular weight excluding hydrogens is 412 g/mol. The number of nitrogens with one attached hydrogen (secondary N) is 2. The summed E-state index contributed by atoms with van der Waals surface area (Å²) in [7, 11) is 1.82. The molecule has 1 heterocycles. The fourth-order valence-corrected chi connectivity index (χ4v) is 4.36. The maximum absolute atomic E-state index is 12.6. The zero-order chi connectivity index (χ0) is 21.8. The minimum Gasteiger partial charge on any atom is -0.322 e. The van der Waals surface area contributed by atoms with Gasteiger partial charge in [-0.2, -0.15) is 5.10 Å². The Labute approximate surface area is 187 Å². The fourth-order valence-electron chi connectivity index (χ4n) is 4.09. The van der Waals surface area contributed by atoms with E-state index in [9.17, 15) is 9.59 Å². The first-order valence-electron chi connectivity index (χ1n) is 10.8. The number of rotatable bonds is 5. The van der Waals surface area contributed by atoms with Crippen LogP contribution >= 0.6 is 11.6 Å². The summed E-state index contributed by atoms with van der Waals surface area (Å²) in [5.74, 6) is 0.655. The summed E-state index contributed by atoms with van der Waals surface area (Å²) in [5.41, 5.74) is 2.87. The Bertz CT molecular complexity index is 1030. The van der Waals surface area contributed by atoms with Gasteiger partial charge >= 0.3 is 0 Å². The van der Waals surface area contributed by atoms with Crippen LogP contribution in [0.5, 0.6) is 0 Å². The van der Waals surface area contributed by atoms with E-state index < -0.39 is 0 Å². The number of amides is 2. The number of aromatic nitrogens is 2. The summed E-state index contributed by atoms with van der Waals surface area (Å²) in [6, 6.07) is 9.35. The summed E-state index contributed by atoms with van der Waals surface area (Å²) in [6.07, 6.45) is 10.8. The predicted octanol–water partition coefficient (Wildman–Crippen LogP) is 5.39. The third-order valence-corrected chi connectivity index (χ3v) is 6.24. The maximum atomic E-state index is 12.6. The standard InChI is InChI=1S/C24H27ClN4O2/c1-29-22(27-23(30)17-7-3-2-4-8-17)15-21(28-29)16-11-13-18(14-12-16)26-24(31)19-9-5-6-10-20(19)25/h9-15,17H,2-8H2,1H3,(H,26,31)(H,27,30). The lowest BCUT2D eigenvalue weighted by Crippen LogP contribution is -2.25. The lowest BCUT2D eigenvalue weighted by molar-refractivity contribution is -0.120. The van der Waals surface area contributed by atoms with Gasteiger partial charge in [0.2, 0.25) is 5.91 Å². The molecule has 7 heteroatoms. The molecule has 4 rings (SSSR count). The van der Waals surface area contributed by atoms with Crippen LogP contribution in [0, 0.1) is 5.92 Å². The highest BCUT2D eigenvalue weighted by Gasteiger charge is 2.22. The number of benzene rings is 1. The second-order valence-electron chi connectivity index (χ2n) is 8.14. The van der Waals surface area contributed by atoms with Gasteiger partial charge in [0.05, 0.1) is 11.3 Å². The largest absolute Gasteiger partial charge is 0.322 e. The zero-order valence-electron chi connectivity index (χ0n) is 17.7. The van der Waals surface area contributed by atoms with Crippen LogP contribution in [0.2, 0.25) is 0 Å². The van der Waals surface area contributed by atoms with Crippen LogP contribution in [0.1, 0.15) is 44.9 Å². The molecule has 31 heavy (non-hydrogen) atoms. The number of carbonyl (C=O) groups is 2. The number of nitrogens with zero attached hydrogens (tertiary/aromatic N) is 2. The monoisotopic (exact) mass is 438 g/mol. The van der Waals surface area contributed by atoms with Crippen molar-refractivity contribution in [1.29, 1.82) is 0 Å². The van der Waals surface area contributed by atoms with Crippen LogP contribution in [0.4, 0.5) is 11.5 Å². The molecule has 0 atom stereocenters. The van der Waals surface area contributed by atoms with Gasteiger partial charge in [-0.05, 0) is 37.8 Å². The van der Waals surface area contributed by atoms with E-state index in [2.05, 4.69) is 15.7 Å². The second-order valence-corrected chi connectivity index (χ2v) is 8.55. The second kappa shape index (κ2) is 9.52. The SMILES string of the molecule is Cn1nc(-c2ccc(NC(=O)C3=CCCC=C3Cl)cc2)cc1NC(=O)C1CCCCC1. The average molecular weight is 439 g/mol. The smallest absolute Gasteiger partial charge is 0.256 e. The molecule has 162 valence electrons. The van der Waals surface area contributed by atoms with Gasteiger partial charge in [0.1, 0.15) is 5.82 Å². The lowest BCUT2D eigenvalue weighted by Gasteiger charge is -2.20. The molecule has 6 nitrogen and oxygen atoms in total. The Hall–Kier alpha value is -2.86. The van der Waals surface area contributed by atoms with Crippen LogP contribution in [0.3, 0.4) is 0 Å². The van der Waals surface area contributed by atoms with Gasteiger partial charge in [-0.1, -0.05) is 55.1 Å². The first-order valence-corrected chi connectivity index (χ1v) is 11.2. The van der Waals surface area contributed by atoms with Crippen LogP contribution in [-0.2, 0) is 16.6 Å². The summed E-state index contributed by atoms with van der Waals surface area (Å²) in [4.78, 5) is 25.0. The molecule has 1 aromatic carbocycles. The molecular formula is C24H27ClN4O2. The third kappa shape index (κ3) is 5.07. The molecule has 2 N–H and O–H groups in total.